The molecular formula is C12H12N4OS. The van der Waals surface area contributed by atoms with Crippen LogP contribution in [0, 0.1) is 0 Å². The van der Waals surface area contributed by atoms with Gasteiger partial charge in [-0.25, -0.2) is 0 Å². The van der Waals surface area contributed by atoms with Gasteiger partial charge in [0.05, 0.1) is 10.9 Å². The smallest absolute Gasteiger partial charge is 0.262 e. The highest BCUT2D eigenvalue weighted by Gasteiger charge is 2.13. The Balaban J connectivity index is 2.60. The second-order valence-corrected chi connectivity index (χ2v) is 4.65. The summed E-state index contributed by atoms with van der Waals surface area (Å²) in [6.07, 6.45) is 1.92. The Labute approximate surface area is 107 Å². The van der Waals surface area contributed by atoms with E-state index in [0.717, 1.165) is 5.52 Å². The standard InChI is InChI=1S/C12H12N4OS/c1-3-15-10(17)8-6-4-5-7-9(8)16-12(15)13-11(14-16)18-2/h4-7H,3H2,1-2H3. The summed E-state index contributed by atoms with van der Waals surface area (Å²) < 4.78 is 3.39. The van der Waals surface area contributed by atoms with Crippen LogP contribution in [0.1, 0.15) is 6.92 Å². The van der Waals surface area contributed by atoms with Crippen molar-refractivity contribution in [2.24, 2.45) is 0 Å². The SMILES string of the molecule is CCn1c(=O)c2ccccc2n2nc(SC)nc12. The maximum atomic E-state index is 12.3. The van der Waals surface area contributed by atoms with Gasteiger partial charge in [-0.2, -0.15) is 9.50 Å². The van der Waals surface area contributed by atoms with E-state index in [1.807, 2.05) is 37.4 Å². The zero-order valence-electron chi connectivity index (χ0n) is 10.1. The van der Waals surface area contributed by atoms with Gasteiger partial charge in [0, 0.05) is 6.54 Å². The molecule has 0 saturated carbocycles. The van der Waals surface area contributed by atoms with E-state index in [1.54, 1.807) is 9.08 Å². The van der Waals surface area contributed by atoms with Crippen molar-refractivity contribution in [3.8, 4) is 0 Å². The molecule has 0 fully saturated rings. The fourth-order valence-corrected chi connectivity index (χ4v) is 2.40. The van der Waals surface area contributed by atoms with Crippen LogP contribution in [0.2, 0.25) is 0 Å². The van der Waals surface area contributed by atoms with Crippen molar-refractivity contribution in [2.75, 3.05) is 6.26 Å². The van der Waals surface area contributed by atoms with Gasteiger partial charge in [-0.15, -0.1) is 5.10 Å². The van der Waals surface area contributed by atoms with Gasteiger partial charge in [0.15, 0.2) is 0 Å². The first kappa shape index (κ1) is 11.3. The Morgan fingerprint density at radius 1 is 1.33 bits per heavy atom. The van der Waals surface area contributed by atoms with Crippen molar-refractivity contribution >= 4 is 28.4 Å². The zero-order valence-corrected chi connectivity index (χ0v) is 10.9. The van der Waals surface area contributed by atoms with Crippen LogP contribution < -0.4 is 5.56 Å². The molecule has 0 N–H and O–H groups in total. The Kier molecular flexibility index (Phi) is 2.59. The molecule has 6 heteroatoms. The fourth-order valence-electron chi connectivity index (χ4n) is 2.07. The summed E-state index contributed by atoms with van der Waals surface area (Å²) in [6, 6.07) is 7.48. The van der Waals surface area contributed by atoms with E-state index in [-0.39, 0.29) is 5.56 Å². The lowest BCUT2D eigenvalue weighted by Gasteiger charge is -2.06. The van der Waals surface area contributed by atoms with Crippen molar-refractivity contribution < 1.29 is 0 Å². The number of hydrogen-bond acceptors (Lipinski definition) is 4. The molecule has 0 aliphatic heterocycles. The number of fused-ring (bicyclic) bond motifs is 3. The predicted molar refractivity (Wildman–Crippen MR) is 72.2 cm³/mol. The summed E-state index contributed by atoms with van der Waals surface area (Å²) in [7, 11) is 0. The van der Waals surface area contributed by atoms with Crippen LogP contribution in [0.4, 0.5) is 0 Å². The highest BCUT2D eigenvalue weighted by molar-refractivity contribution is 7.98. The minimum Gasteiger partial charge on any atom is -0.277 e. The minimum absolute atomic E-state index is 0.0133. The lowest BCUT2D eigenvalue weighted by molar-refractivity contribution is 0.730. The largest absolute Gasteiger partial charge is 0.277 e. The molecule has 92 valence electrons. The van der Waals surface area contributed by atoms with Crippen LogP contribution in [-0.4, -0.2) is 25.4 Å². The monoisotopic (exact) mass is 260 g/mol. The Bertz CT molecular complexity index is 790. The van der Waals surface area contributed by atoms with Gasteiger partial charge in [-0.3, -0.25) is 9.36 Å². The summed E-state index contributed by atoms with van der Waals surface area (Å²) in [4.78, 5) is 16.7. The molecule has 0 radical (unpaired) electrons. The van der Waals surface area contributed by atoms with E-state index in [1.165, 1.54) is 11.8 Å². The van der Waals surface area contributed by atoms with Crippen LogP contribution in [0.3, 0.4) is 0 Å². The summed E-state index contributed by atoms with van der Waals surface area (Å²) in [6.45, 7) is 2.52. The number of thioether (sulfide) groups is 1. The molecule has 3 aromatic rings. The molecule has 2 aromatic heterocycles. The minimum atomic E-state index is -0.0133. The highest BCUT2D eigenvalue weighted by Crippen LogP contribution is 2.15. The highest BCUT2D eigenvalue weighted by atomic mass is 32.2. The topological polar surface area (TPSA) is 52.2 Å². The maximum absolute atomic E-state index is 12.3. The number of aryl methyl sites for hydroxylation is 1. The van der Waals surface area contributed by atoms with E-state index in [2.05, 4.69) is 10.1 Å². The van der Waals surface area contributed by atoms with Crippen molar-refractivity contribution in [3.05, 3.63) is 34.6 Å². The molecule has 0 spiro atoms. The van der Waals surface area contributed by atoms with Crippen LogP contribution in [-0.2, 0) is 6.54 Å². The van der Waals surface area contributed by atoms with E-state index in [9.17, 15) is 4.79 Å². The summed E-state index contributed by atoms with van der Waals surface area (Å²) in [5.41, 5.74) is 0.788. The van der Waals surface area contributed by atoms with Gasteiger partial charge in [0.25, 0.3) is 5.56 Å². The second kappa shape index (κ2) is 4.13. The third kappa shape index (κ3) is 1.45. The third-order valence-electron chi connectivity index (χ3n) is 2.92. The number of rotatable bonds is 2. The number of benzene rings is 1. The van der Waals surface area contributed by atoms with Gasteiger partial charge in [-0.05, 0) is 25.3 Å². The molecule has 3 rings (SSSR count). The number of nitrogens with zero attached hydrogens (tertiary/aromatic N) is 4. The van der Waals surface area contributed by atoms with Gasteiger partial charge < -0.3 is 0 Å². The molecule has 1 aromatic carbocycles. The summed E-state index contributed by atoms with van der Waals surface area (Å²) in [5, 5.41) is 5.76. The first-order valence-corrected chi connectivity index (χ1v) is 6.91. The molecule has 0 bridgehead atoms. The number of hydrogen-bond donors (Lipinski definition) is 0. The Morgan fingerprint density at radius 2 is 2.11 bits per heavy atom. The van der Waals surface area contributed by atoms with E-state index in [4.69, 9.17) is 0 Å². The molecule has 0 saturated heterocycles. The first-order chi connectivity index (χ1) is 8.76. The molecule has 0 aliphatic carbocycles. The molecule has 0 amide bonds. The normalized spacial score (nSPS) is 11.4. The van der Waals surface area contributed by atoms with Crippen molar-refractivity contribution in [1.29, 1.82) is 0 Å². The maximum Gasteiger partial charge on any atom is 0.262 e. The van der Waals surface area contributed by atoms with Gasteiger partial charge in [0.1, 0.15) is 0 Å². The van der Waals surface area contributed by atoms with Crippen molar-refractivity contribution in [2.45, 2.75) is 18.6 Å². The third-order valence-corrected chi connectivity index (χ3v) is 3.46. The lowest BCUT2D eigenvalue weighted by Crippen LogP contribution is -2.22. The molecule has 0 unspecified atom stereocenters. The van der Waals surface area contributed by atoms with Crippen LogP contribution in [0.5, 0.6) is 0 Å². The Hall–Kier alpha value is -1.82. The Morgan fingerprint density at radius 3 is 2.83 bits per heavy atom. The zero-order chi connectivity index (χ0) is 12.7. The van der Waals surface area contributed by atoms with Crippen molar-refractivity contribution in [1.82, 2.24) is 19.2 Å². The second-order valence-electron chi connectivity index (χ2n) is 3.88. The van der Waals surface area contributed by atoms with Gasteiger partial charge in [-0.1, -0.05) is 23.9 Å². The van der Waals surface area contributed by atoms with Crippen molar-refractivity contribution in [3.63, 3.8) is 0 Å². The molecule has 5 nitrogen and oxygen atoms in total. The predicted octanol–water partition coefficient (Wildman–Crippen LogP) is 1.79. The molecular weight excluding hydrogens is 248 g/mol. The average Bonchev–Trinajstić information content (AvgIpc) is 2.84. The first-order valence-electron chi connectivity index (χ1n) is 5.68. The molecule has 2 heterocycles. The molecule has 18 heavy (non-hydrogen) atoms. The number of para-hydroxylation sites is 1. The lowest BCUT2D eigenvalue weighted by atomic mass is 10.2. The van der Waals surface area contributed by atoms with Crippen LogP contribution >= 0.6 is 11.8 Å². The average molecular weight is 260 g/mol. The van der Waals surface area contributed by atoms with E-state index in [0.29, 0.717) is 22.9 Å². The van der Waals surface area contributed by atoms with Gasteiger partial charge in [0.2, 0.25) is 10.9 Å². The number of aromatic nitrogens is 4. The molecule has 0 atom stereocenters. The fraction of sp³-hybridized carbons (Fsp3) is 0.250. The van der Waals surface area contributed by atoms with E-state index >= 15 is 0 Å². The van der Waals surface area contributed by atoms with E-state index < -0.39 is 0 Å². The summed E-state index contributed by atoms with van der Waals surface area (Å²) >= 11 is 1.47. The molecule has 0 aliphatic rings. The van der Waals surface area contributed by atoms with Gasteiger partial charge >= 0.3 is 0 Å². The van der Waals surface area contributed by atoms with Crippen LogP contribution in [0.25, 0.3) is 16.7 Å². The summed E-state index contributed by atoms with van der Waals surface area (Å²) in [5.74, 6) is 0.602. The quantitative estimate of drug-likeness (QED) is 0.659. The van der Waals surface area contributed by atoms with Crippen LogP contribution in [0.15, 0.2) is 34.2 Å².